The van der Waals surface area contributed by atoms with Gasteiger partial charge in [-0.15, -0.1) is 0 Å². The number of hydrogen-bond donors (Lipinski definition) is 2. The molecule has 1 saturated heterocycles. The van der Waals surface area contributed by atoms with Crippen LogP contribution in [0.15, 0.2) is 54.6 Å². The molecule has 30 heavy (non-hydrogen) atoms. The van der Waals surface area contributed by atoms with Gasteiger partial charge in [-0.3, -0.25) is 14.9 Å². The summed E-state index contributed by atoms with van der Waals surface area (Å²) in [6.45, 7) is 5.65. The molecule has 2 amide bonds. The van der Waals surface area contributed by atoms with Crippen LogP contribution in [0.3, 0.4) is 0 Å². The molecule has 2 aromatic carbocycles. The molecule has 1 fully saturated rings. The average Bonchev–Trinajstić information content (AvgIpc) is 3.28. The molecule has 0 saturated carbocycles. The van der Waals surface area contributed by atoms with Crippen LogP contribution in [0.4, 0.5) is 10.6 Å². The number of aromatic nitrogens is 1. The van der Waals surface area contributed by atoms with Crippen LogP contribution in [0.25, 0.3) is 10.9 Å². The van der Waals surface area contributed by atoms with E-state index in [1.54, 1.807) is 0 Å². The largest absolute Gasteiger partial charge is 0.492 e. The van der Waals surface area contributed by atoms with Crippen molar-refractivity contribution in [3.05, 3.63) is 60.2 Å². The van der Waals surface area contributed by atoms with Gasteiger partial charge in [0.1, 0.15) is 18.2 Å². The van der Waals surface area contributed by atoms with Crippen molar-refractivity contribution in [1.82, 2.24) is 10.3 Å². The standard InChI is InChI=1S/C23H25N3O3S/c1-15(2)26(21-14-17-5-3-4-6-19(17)24-21)11-12-29-18-9-7-16(8-10-18)13-20-22(27)25-23(28)30-20/h3-10,14-15,20,24H,11-13H2,1-2H3,(H,25,27,28). The van der Waals surface area contributed by atoms with Crippen LogP contribution in [-0.4, -0.2) is 40.6 Å². The van der Waals surface area contributed by atoms with Gasteiger partial charge in [0.25, 0.3) is 5.24 Å². The van der Waals surface area contributed by atoms with E-state index in [2.05, 4.69) is 47.2 Å². The van der Waals surface area contributed by atoms with Crippen LogP contribution < -0.4 is 15.0 Å². The summed E-state index contributed by atoms with van der Waals surface area (Å²) >= 11 is 1.05. The highest BCUT2D eigenvalue weighted by Crippen LogP contribution is 2.25. The number of nitrogens with zero attached hydrogens (tertiary/aromatic N) is 1. The molecule has 1 aliphatic rings. The third-order valence-electron chi connectivity index (χ3n) is 5.16. The van der Waals surface area contributed by atoms with E-state index in [0.29, 0.717) is 19.1 Å². The summed E-state index contributed by atoms with van der Waals surface area (Å²) in [5.74, 6) is 1.67. The van der Waals surface area contributed by atoms with Crippen LogP contribution in [0, 0.1) is 0 Å². The molecule has 4 rings (SSSR count). The molecule has 2 N–H and O–H groups in total. The quantitative estimate of drug-likeness (QED) is 0.563. The van der Waals surface area contributed by atoms with Gasteiger partial charge in [0.05, 0.1) is 11.8 Å². The second kappa shape index (κ2) is 8.83. The number of thioether (sulfide) groups is 1. The van der Waals surface area contributed by atoms with Crippen molar-refractivity contribution < 1.29 is 14.3 Å². The Bertz CT molecular complexity index is 1010. The van der Waals surface area contributed by atoms with E-state index >= 15 is 0 Å². The lowest BCUT2D eigenvalue weighted by Crippen LogP contribution is -2.34. The summed E-state index contributed by atoms with van der Waals surface area (Å²) in [6, 6.07) is 18.5. The first-order valence-electron chi connectivity index (χ1n) is 10.1. The number of para-hydroxylation sites is 1. The van der Waals surface area contributed by atoms with Crippen molar-refractivity contribution in [2.45, 2.75) is 31.6 Å². The van der Waals surface area contributed by atoms with Crippen molar-refractivity contribution >= 4 is 39.6 Å². The highest BCUT2D eigenvalue weighted by Gasteiger charge is 2.31. The number of carbonyl (C=O) groups excluding carboxylic acids is 2. The molecule has 0 spiro atoms. The molecule has 156 valence electrons. The molecule has 0 aliphatic carbocycles. The number of fused-ring (bicyclic) bond motifs is 1. The van der Waals surface area contributed by atoms with Crippen molar-refractivity contribution in [3.8, 4) is 5.75 Å². The van der Waals surface area contributed by atoms with E-state index in [1.807, 2.05) is 36.4 Å². The van der Waals surface area contributed by atoms with Crippen molar-refractivity contribution in [2.75, 3.05) is 18.1 Å². The lowest BCUT2D eigenvalue weighted by Gasteiger charge is -2.27. The van der Waals surface area contributed by atoms with Gasteiger partial charge in [-0.25, -0.2) is 0 Å². The third-order valence-corrected chi connectivity index (χ3v) is 6.14. The number of H-pyrrole nitrogens is 1. The van der Waals surface area contributed by atoms with E-state index in [1.165, 1.54) is 5.39 Å². The first kappa shape index (κ1) is 20.3. The zero-order chi connectivity index (χ0) is 21.1. The molecule has 6 nitrogen and oxygen atoms in total. The number of anilines is 1. The highest BCUT2D eigenvalue weighted by atomic mass is 32.2. The smallest absolute Gasteiger partial charge is 0.286 e. The van der Waals surface area contributed by atoms with Gasteiger partial charge in [0, 0.05) is 16.9 Å². The Morgan fingerprint density at radius 2 is 1.87 bits per heavy atom. The Balaban J connectivity index is 1.33. The fourth-order valence-electron chi connectivity index (χ4n) is 3.59. The molecule has 0 bridgehead atoms. The minimum absolute atomic E-state index is 0.212. The molecule has 2 heterocycles. The van der Waals surface area contributed by atoms with Crippen LogP contribution >= 0.6 is 11.8 Å². The molecular weight excluding hydrogens is 398 g/mol. The summed E-state index contributed by atoms with van der Waals surface area (Å²) in [7, 11) is 0. The molecule has 1 unspecified atom stereocenters. The van der Waals surface area contributed by atoms with Crippen LogP contribution in [0.2, 0.25) is 0 Å². The SMILES string of the molecule is CC(C)N(CCOc1ccc(CC2SC(=O)NC2=O)cc1)c1cc2ccccc2[nH]1. The predicted octanol–water partition coefficient (Wildman–Crippen LogP) is 4.36. The number of rotatable bonds is 8. The lowest BCUT2D eigenvalue weighted by atomic mass is 10.1. The van der Waals surface area contributed by atoms with Gasteiger partial charge in [-0.2, -0.15) is 0 Å². The van der Waals surface area contributed by atoms with Crippen LogP contribution in [0.1, 0.15) is 19.4 Å². The molecule has 0 radical (unpaired) electrons. The summed E-state index contributed by atoms with van der Waals surface area (Å²) in [5, 5.41) is 2.90. The second-order valence-electron chi connectivity index (χ2n) is 7.61. The summed E-state index contributed by atoms with van der Waals surface area (Å²) in [4.78, 5) is 28.8. The summed E-state index contributed by atoms with van der Waals surface area (Å²) in [6.07, 6.45) is 0.532. The monoisotopic (exact) mass is 423 g/mol. The number of ether oxygens (including phenoxy) is 1. The Morgan fingerprint density at radius 3 is 2.53 bits per heavy atom. The fourth-order valence-corrected chi connectivity index (χ4v) is 4.45. The zero-order valence-electron chi connectivity index (χ0n) is 17.1. The average molecular weight is 424 g/mol. The maximum atomic E-state index is 11.7. The fraction of sp³-hybridized carbons (Fsp3) is 0.304. The predicted molar refractivity (Wildman–Crippen MR) is 121 cm³/mol. The normalized spacial score (nSPS) is 16.3. The van der Waals surface area contributed by atoms with Gasteiger partial charge in [-0.1, -0.05) is 42.1 Å². The van der Waals surface area contributed by atoms with Gasteiger partial charge in [-0.05, 0) is 50.1 Å². The lowest BCUT2D eigenvalue weighted by molar-refractivity contribution is -0.118. The summed E-state index contributed by atoms with van der Waals surface area (Å²) in [5.41, 5.74) is 2.14. The van der Waals surface area contributed by atoms with E-state index in [-0.39, 0.29) is 16.4 Å². The molecule has 1 aromatic heterocycles. The Hall–Kier alpha value is -2.93. The van der Waals surface area contributed by atoms with Gasteiger partial charge in [0.15, 0.2) is 0 Å². The molecule has 1 aliphatic heterocycles. The van der Waals surface area contributed by atoms with Crippen molar-refractivity contribution in [1.29, 1.82) is 0 Å². The highest BCUT2D eigenvalue weighted by molar-refractivity contribution is 8.15. The molecule has 3 aromatic rings. The first-order valence-corrected chi connectivity index (χ1v) is 10.9. The minimum atomic E-state index is -0.347. The molecule has 7 heteroatoms. The van der Waals surface area contributed by atoms with Crippen LogP contribution in [-0.2, 0) is 11.2 Å². The maximum Gasteiger partial charge on any atom is 0.286 e. The number of imide groups is 1. The van der Waals surface area contributed by atoms with E-state index in [9.17, 15) is 9.59 Å². The van der Waals surface area contributed by atoms with E-state index in [4.69, 9.17) is 4.74 Å². The topological polar surface area (TPSA) is 74.4 Å². The molecular formula is C23H25N3O3S. The van der Waals surface area contributed by atoms with E-state index in [0.717, 1.165) is 41.0 Å². The number of hydrogen-bond acceptors (Lipinski definition) is 5. The summed E-state index contributed by atoms with van der Waals surface area (Å²) < 4.78 is 5.95. The third kappa shape index (κ3) is 4.62. The number of carbonyl (C=O) groups is 2. The maximum absolute atomic E-state index is 11.7. The van der Waals surface area contributed by atoms with Crippen LogP contribution in [0.5, 0.6) is 5.75 Å². The Labute approximate surface area is 180 Å². The Morgan fingerprint density at radius 1 is 1.10 bits per heavy atom. The van der Waals surface area contributed by atoms with Crippen molar-refractivity contribution in [3.63, 3.8) is 0 Å². The first-order chi connectivity index (χ1) is 14.5. The van der Waals surface area contributed by atoms with Gasteiger partial charge >= 0.3 is 0 Å². The number of nitrogens with one attached hydrogen (secondary N) is 2. The number of benzene rings is 2. The second-order valence-corrected chi connectivity index (χ2v) is 8.78. The van der Waals surface area contributed by atoms with Gasteiger partial charge in [0.2, 0.25) is 5.91 Å². The van der Waals surface area contributed by atoms with Crippen molar-refractivity contribution in [2.24, 2.45) is 0 Å². The Kier molecular flexibility index (Phi) is 5.99. The molecule has 1 atom stereocenters. The minimum Gasteiger partial charge on any atom is -0.492 e. The van der Waals surface area contributed by atoms with E-state index < -0.39 is 0 Å². The number of amides is 2. The zero-order valence-corrected chi connectivity index (χ0v) is 17.9. The van der Waals surface area contributed by atoms with Gasteiger partial charge < -0.3 is 14.6 Å². The number of aromatic amines is 1.